The molecule has 0 saturated carbocycles. The van der Waals surface area contributed by atoms with E-state index in [1.165, 1.54) is 0 Å². The lowest BCUT2D eigenvalue weighted by Gasteiger charge is -2.21. The van der Waals surface area contributed by atoms with Gasteiger partial charge in [0, 0.05) is 6.20 Å². The first-order valence-electron chi connectivity index (χ1n) is 9.02. The van der Waals surface area contributed by atoms with E-state index < -0.39 is 6.04 Å². The van der Waals surface area contributed by atoms with E-state index in [4.69, 9.17) is 0 Å². The molecular weight excluding hydrogens is 338 g/mol. The Morgan fingerprint density at radius 2 is 1.70 bits per heavy atom. The number of benzene rings is 2. The predicted molar refractivity (Wildman–Crippen MR) is 107 cm³/mol. The molecule has 1 aromatic heterocycles. The Kier molecular flexibility index (Phi) is 5.81. The molecule has 3 rings (SSSR count). The van der Waals surface area contributed by atoms with Crippen molar-refractivity contribution >= 4 is 28.4 Å². The van der Waals surface area contributed by atoms with Gasteiger partial charge in [0.25, 0.3) is 0 Å². The van der Waals surface area contributed by atoms with Gasteiger partial charge in [-0.05, 0) is 34.4 Å². The van der Waals surface area contributed by atoms with E-state index in [0.717, 1.165) is 16.3 Å². The molecular formula is C22H23N3O2. The van der Waals surface area contributed by atoms with Crippen molar-refractivity contribution < 1.29 is 9.59 Å². The van der Waals surface area contributed by atoms with Gasteiger partial charge in [0.2, 0.25) is 11.8 Å². The molecule has 0 aliphatic heterocycles. The Hall–Kier alpha value is -3.21. The molecule has 0 aliphatic rings. The summed E-state index contributed by atoms with van der Waals surface area (Å²) in [6.45, 7) is 3.80. The molecule has 0 bridgehead atoms. The fourth-order valence-electron chi connectivity index (χ4n) is 2.93. The van der Waals surface area contributed by atoms with Crippen LogP contribution < -0.4 is 10.6 Å². The Morgan fingerprint density at radius 1 is 0.963 bits per heavy atom. The van der Waals surface area contributed by atoms with Gasteiger partial charge < -0.3 is 10.6 Å². The van der Waals surface area contributed by atoms with Crippen molar-refractivity contribution in [3.8, 4) is 0 Å². The van der Waals surface area contributed by atoms with E-state index in [0.29, 0.717) is 5.82 Å². The zero-order valence-electron chi connectivity index (χ0n) is 15.5. The second-order valence-electron chi connectivity index (χ2n) is 6.85. The average Bonchev–Trinajstić information content (AvgIpc) is 2.66. The number of carbonyl (C=O) groups excluding carboxylic acids is 2. The Morgan fingerprint density at radius 3 is 2.41 bits per heavy atom. The van der Waals surface area contributed by atoms with E-state index >= 15 is 0 Å². The molecule has 2 amide bonds. The summed E-state index contributed by atoms with van der Waals surface area (Å²) in [6.07, 6.45) is 1.84. The van der Waals surface area contributed by atoms with Crippen LogP contribution in [0.25, 0.3) is 10.8 Å². The van der Waals surface area contributed by atoms with Crippen LogP contribution >= 0.6 is 0 Å². The fourth-order valence-corrected chi connectivity index (χ4v) is 2.93. The first-order chi connectivity index (χ1) is 13.0. The van der Waals surface area contributed by atoms with E-state index in [1.807, 2.05) is 56.3 Å². The largest absolute Gasteiger partial charge is 0.344 e. The highest BCUT2D eigenvalue weighted by molar-refractivity contribution is 5.97. The molecule has 5 nitrogen and oxygen atoms in total. The molecule has 2 N–H and O–H groups in total. The third kappa shape index (κ3) is 4.91. The highest BCUT2D eigenvalue weighted by atomic mass is 16.2. The van der Waals surface area contributed by atoms with Crippen molar-refractivity contribution in [3.63, 3.8) is 0 Å². The molecule has 3 aromatic rings. The molecule has 1 unspecified atom stereocenters. The lowest BCUT2D eigenvalue weighted by Crippen LogP contribution is -2.47. The molecule has 0 spiro atoms. The molecule has 1 heterocycles. The molecule has 0 aliphatic carbocycles. The Balaban J connectivity index is 1.66. The van der Waals surface area contributed by atoms with Gasteiger partial charge in [0.15, 0.2) is 0 Å². The van der Waals surface area contributed by atoms with Gasteiger partial charge in [-0.15, -0.1) is 0 Å². The molecule has 0 saturated heterocycles. The zero-order valence-corrected chi connectivity index (χ0v) is 15.5. The topological polar surface area (TPSA) is 71.1 Å². The number of amides is 2. The van der Waals surface area contributed by atoms with Crippen LogP contribution in [0.2, 0.25) is 0 Å². The summed E-state index contributed by atoms with van der Waals surface area (Å²) in [4.78, 5) is 29.2. The Labute approximate surface area is 158 Å². The number of hydrogen-bond acceptors (Lipinski definition) is 3. The molecule has 138 valence electrons. The monoisotopic (exact) mass is 361 g/mol. The van der Waals surface area contributed by atoms with Gasteiger partial charge in [0.1, 0.15) is 11.9 Å². The molecule has 2 aromatic carbocycles. The van der Waals surface area contributed by atoms with Gasteiger partial charge in [-0.25, -0.2) is 4.98 Å². The van der Waals surface area contributed by atoms with Gasteiger partial charge in [-0.1, -0.05) is 62.4 Å². The van der Waals surface area contributed by atoms with Crippen LogP contribution in [0, 0.1) is 5.92 Å². The maximum absolute atomic E-state index is 12.6. The molecule has 5 heteroatoms. The number of nitrogens with one attached hydrogen (secondary N) is 2. The molecule has 0 fully saturated rings. The first-order valence-corrected chi connectivity index (χ1v) is 9.02. The van der Waals surface area contributed by atoms with Crippen molar-refractivity contribution in [2.75, 3.05) is 5.32 Å². The summed E-state index contributed by atoms with van der Waals surface area (Å²) in [5, 5.41) is 7.84. The Bertz CT molecular complexity index is 938. The summed E-state index contributed by atoms with van der Waals surface area (Å²) >= 11 is 0. The highest BCUT2D eigenvalue weighted by Crippen LogP contribution is 2.16. The molecule has 1 atom stereocenters. The van der Waals surface area contributed by atoms with Crippen molar-refractivity contribution in [1.29, 1.82) is 0 Å². The van der Waals surface area contributed by atoms with Crippen LogP contribution in [0.4, 0.5) is 5.82 Å². The van der Waals surface area contributed by atoms with Crippen molar-refractivity contribution in [2.24, 2.45) is 5.92 Å². The number of nitrogens with zero attached hydrogens (tertiary/aromatic N) is 1. The summed E-state index contributed by atoms with van der Waals surface area (Å²) in [5.41, 5.74) is 0.916. The van der Waals surface area contributed by atoms with Gasteiger partial charge in [-0.3, -0.25) is 9.59 Å². The number of fused-ring (bicyclic) bond motifs is 1. The SMILES string of the molecule is CC(C)C(NC(=O)Cc1ccc2ccccc2c1)C(=O)Nc1ccccn1. The van der Waals surface area contributed by atoms with Crippen LogP contribution in [-0.2, 0) is 16.0 Å². The van der Waals surface area contributed by atoms with E-state index in [9.17, 15) is 9.59 Å². The highest BCUT2D eigenvalue weighted by Gasteiger charge is 2.24. The van der Waals surface area contributed by atoms with Crippen LogP contribution in [0.15, 0.2) is 66.9 Å². The third-order valence-electron chi connectivity index (χ3n) is 4.36. The van der Waals surface area contributed by atoms with Crippen molar-refractivity contribution in [3.05, 3.63) is 72.4 Å². The molecule has 0 radical (unpaired) electrons. The lowest BCUT2D eigenvalue weighted by molar-refractivity contribution is -0.127. The minimum atomic E-state index is -0.625. The average molecular weight is 361 g/mol. The van der Waals surface area contributed by atoms with Gasteiger partial charge >= 0.3 is 0 Å². The van der Waals surface area contributed by atoms with Crippen molar-refractivity contribution in [1.82, 2.24) is 10.3 Å². The van der Waals surface area contributed by atoms with Crippen molar-refractivity contribution in [2.45, 2.75) is 26.3 Å². The maximum Gasteiger partial charge on any atom is 0.248 e. The second kappa shape index (κ2) is 8.45. The standard InChI is InChI=1S/C22H23N3O2/c1-15(2)21(22(27)24-19-9-5-6-12-23-19)25-20(26)14-16-10-11-17-7-3-4-8-18(17)13-16/h3-13,15,21H,14H2,1-2H3,(H,25,26)(H,23,24,27). The fraction of sp³-hybridized carbons (Fsp3) is 0.227. The maximum atomic E-state index is 12.6. The summed E-state index contributed by atoms with van der Waals surface area (Å²) in [5.74, 6) is -0.0260. The number of rotatable bonds is 6. The number of anilines is 1. The summed E-state index contributed by atoms with van der Waals surface area (Å²) in [6, 6.07) is 18.6. The van der Waals surface area contributed by atoms with E-state index in [-0.39, 0.29) is 24.2 Å². The number of pyridine rings is 1. The minimum Gasteiger partial charge on any atom is -0.344 e. The zero-order chi connectivity index (χ0) is 19.2. The van der Waals surface area contributed by atoms with Crippen LogP contribution in [0.5, 0.6) is 0 Å². The predicted octanol–water partition coefficient (Wildman–Crippen LogP) is 3.56. The third-order valence-corrected chi connectivity index (χ3v) is 4.36. The van der Waals surface area contributed by atoms with E-state index in [2.05, 4.69) is 15.6 Å². The van der Waals surface area contributed by atoms with Crippen LogP contribution in [0.1, 0.15) is 19.4 Å². The van der Waals surface area contributed by atoms with Gasteiger partial charge in [-0.2, -0.15) is 0 Å². The van der Waals surface area contributed by atoms with Gasteiger partial charge in [0.05, 0.1) is 6.42 Å². The second-order valence-corrected chi connectivity index (χ2v) is 6.85. The number of carbonyl (C=O) groups is 2. The summed E-state index contributed by atoms with van der Waals surface area (Å²) in [7, 11) is 0. The van der Waals surface area contributed by atoms with E-state index in [1.54, 1.807) is 24.4 Å². The summed E-state index contributed by atoms with van der Waals surface area (Å²) < 4.78 is 0. The lowest BCUT2D eigenvalue weighted by atomic mass is 10.0. The number of hydrogen-bond donors (Lipinski definition) is 2. The smallest absolute Gasteiger partial charge is 0.248 e. The quantitative estimate of drug-likeness (QED) is 0.705. The number of aromatic nitrogens is 1. The van der Waals surface area contributed by atoms with Crippen LogP contribution in [-0.4, -0.2) is 22.8 Å². The molecule has 27 heavy (non-hydrogen) atoms. The minimum absolute atomic E-state index is 0.0470. The first kappa shape index (κ1) is 18.6. The van der Waals surface area contributed by atoms with Crippen LogP contribution in [0.3, 0.4) is 0 Å². The normalized spacial score (nSPS) is 12.0.